The number of thioether (sulfide) groups is 2. The molecule has 1 atom stereocenters. The van der Waals surface area contributed by atoms with Gasteiger partial charge in [-0.2, -0.15) is 11.8 Å². The zero-order chi connectivity index (χ0) is 19.8. The van der Waals surface area contributed by atoms with E-state index in [1.54, 1.807) is 11.8 Å². The van der Waals surface area contributed by atoms with Crippen LogP contribution < -0.4 is 0 Å². The molecule has 0 aliphatic rings. The lowest BCUT2D eigenvalue weighted by Crippen LogP contribution is -2.35. The Kier molecular flexibility index (Phi) is 7.56. The maximum atomic E-state index is 13.2. The minimum Gasteiger partial charge on any atom is -0.415 e. The Labute approximate surface area is 173 Å². The zero-order valence-corrected chi connectivity index (χ0v) is 17.6. The van der Waals surface area contributed by atoms with E-state index in [0.717, 1.165) is 11.1 Å². The van der Waals surface area contributed by atoms with E-state index in [1.165, 1.54) is 11.8 Å². The molecule has 3 rings (SSSR count). The monoisotopic (exact) mass is 413 g/mol. The second kappa shape index (κ2) is 10.3. The van der Waals surface area contributed by atoms with Crippen molar-refractivity contribution in [2.45, 2.75) is 36.2 Å². The number of benzene rings is 2. The average molecular weight is 414 g/mol. The Bertz CT molecular complexity index is 830. The molecule has 0 saturated carbocycles. The summed E-state index contributed by atoms with van der Waals surface area (Å²) in [5.74, 6) is 1.30. The molecule has 0 spiro atoms. The Hall–Kier alpha value is -2.25. The lowest BCUT2D eigenvalue weighted by Gasteiger charge is -2.25. The predicted molar refractivity (Wildman–Crippen MR) is 114 cm³/mol. The van der Waals surface area contributed by atoms with Gasteiger partial charge in [-0.3, -0.25) is 4.79 Å². The summed E-state index contributed by atoms with van der Waals surface area (Å²) >= 11 is 2.93. The topological polar surface area (TPSA) is 59.2 Å². The number of aromatic nitrogens is 2. The third-order valence-corrected chi connectivity index (χ3v) is 5.54. The van der Waals surface area contributed by atoms with Crippen LogP contribution in [0.15, 0.2) is 70.3 Å². The van der Waals surface area contributed by atoms with Gasteiger partial charge in [0.05, 0.1) is 11.0 Å². The standard InChI is InChI=1S/C21H23N3O2S2/c1-16(28-21-23-22-19(26-21)15-27-2)20(25)24(13-17-9-5-3-6-10-17)14-18-11-7-4-8-12-18/h3-12,16H,13-15H2,1-2H3. The Morgan fingerprint density at radius 3 is 2.11 bits per heavy atom. The van der Waals surface area contributed by atoms with Crippen molar-refractivity contribution < 1.29 is 9.21 Å². The molecule has 0 radical (unpaired) electrons. The number of nitrogens with zero attached hydrogens (tertiary/aromatic N) is 3. The highest BCUT2D eigenvalue weighted by molar-refractivity contribution is 8.00. The number of carbonyl (C=O) groups is 1. The fourth-order valence-corrected chi connectivity index (χ4v) is 3.89. The first-order valence-corrected chi connectivity index (χ1v) is 11.3. The van der Waals surface area contributed by atoms with Crippen molar-refractivity contribution in [1.82, 2.24) is 15.1 Å². The van der Waals surface area contributed by atoms with Gasteiger partial charge >= 0.3 is 0 Å². The molecule has 0 fully saturated rings. The van der Waals surface area contributed by atoms with Crippen molar-refractivity contribution in [1.29, 1.82) is 0 Å². The van der Waals surface area contributed by atoms with Crippen LogP contribution in [-0.2, 0) is 23.6 Å². The molecule has 2 aromatic carbocycles. The molecule has 146 valence electrons. The molecular formula is C21H23N3O2S2. The summed E-state index contributed by atoms with van der Waals surface area (Å²) in [6.07, 6.45) is 1.98. The molecule has 1 amide bonds. The van der Waals surface area contributed by atoms with Crippen molar-refractivity contribution in [3.63, 3.8) is 0 Å². The fourth-order valence-electron chi connectivity index (χ4n) is 2.75. The zero-order valence-electron chi connectivity index (χ0n) is 15.9. The van der Waals surface area contributed by atoms with Crippen molar-refractivity contribution >= 4 is 29.4 Å². The van der Waals surface area contributed by atoms with Gasteiger partial charge in [-0.25, -0.2) is 0 Å². The van der Waals surface area contributed by atoms with Crippen molar-refractivity contribution in [3.8, 4) is 0 Å². The SMILES string of the molecule is CSCc1nnc(SC(C)C(=O)N(Cc2ccccc2)Cc2ccccc2)o1. The molecule has 3 aromatic rings. The van der Waals surface area contributed by atoms with Crippen LogP contribution >= 0.6 is 23.5 Å². The fraction of sp³-hybridized carbons (Fsp3) is 0.286. The van der Waals surface area contributed by atoms with E-state index in [2.05, 4.69) is 10.2 Å². The molecule has 28 heavy (non-hydrogen) atoms. The van der Waals surface area contributed by atoms with E-state index < -0.39 is 0 Å². The molecule has 0 bridgehead atoms. The molecule has 0 saturated heterocycles. The highest BCUT2D eigenvalue weighted by Gasteiger charge is 2.24. The molecule has 0 aliphatic carbocycles. The number of rotatable bonds is 9. The first-order chi connectivity index (χ1) is 13.7. The average Bonchev–Trinajstić information content (AvgIpc) is 3.15. The van der Waals surface area contributed by atoms with Crippen molar-refractivity contribution in [2.75, 3.05) is 6.26 Å². The summed E-state index contributed by atoms with van der Waals surface area (Å²) in [4.78, 5) is 15.1. The highest BCUT2D eigenvalue weighted by Crippen LogP contribution is 2.25. The summed E-state index contributed by atoms with van der Waals surface area (Å²) in [6, 6.07) is 20.1. The van der Waals surface area contributed by atoms with Crippen LogP contribution in [0.1, 0.15) is 23.9 Å². The van der Waals surface area contributed by atoms with Gasteiger partial charge in [0.15, 0.2) is 0 Å². The number of carbonyl (C=O) groups excluding carboxylic acids is 1. The van der Waals surface area contributed by atoms with Gasteiger partial charge < -0.3 is 9.32 Å². The van der Waals surface area contributed by atoms with E-state index in [1.807, 2.05) is 78.7 Å². The van der Waals surface area contributed by atoms with E-state index >= 15 is 0 Å². The van der Waals surface area contributed by atoms with Gasteiger partial charge in [-0.1, -0.05) is 72.4 Å². The van der Waals surface area contributed by atoms with Gasteiger partial charge in [0.2, 0.25) is 11.8 Å². The van der Waals surface area contributed by atoms with E-state index in [-0.39, 0.29) is 11.2 Å². The number of hydrogen-bond donors (Lipinski definition) is 0. The Morgan fingerprint density at radius 1 is 1.00 bits per heavy atom. The van der Waals surface area contributed by atoms with Crippen LogP contribution in [0.2, 0.25) is 0 Å². The summed E-state index contributed by atoms with van der Waals surface area (Å²) in [5, 5.41) is 8.17. The molecule has 1 unspecified atom stereocenters. The largest absolute Gasteiger partial charge is 0.415 e. The molecule has 5 nitrogen and oxygen atoms in total. The van der Waals surface area contributed by atoms with Crippen LogP contribution in [-0.4, -0.2) is 32.5 Å². The Morgan fingerprint density at radius 2 is 1.57 bits per heavy atom. The summed E-state index contributed by atoms with van der Waals surface area (Å²) in [5.41, 5.74) is 2.20. The number of amides is 1. The van der Waals surface area contributed by atoms with Crippen LogP contribution in [0.3, 0.4) is 0 Å². The molecule has 0 aliphatic heterocycles. The van der Waals surface area contributed by atoms with Crippen LogP contribution in [0.25, 0.3) is 0 Å². The van der Waals surface area contributed by atoms with E-state index in [9.17, 15) is 4.79 Å². The van der Waals surface area contributed by atoms with Gasteiger partial charge in [0, 0.05) is 13.1 Å². The maximum Gasteiger partial charge on any atom is 0.277 e. The first-order valence-electron chi connectivity index (χ1n) is 9.00. The molecule has 1 aromatic heterocycles. The van der Waals surface area contributed by atoms with Crippen LogP contribution in [0, 0.1) is 0 Å². The quantitative estimate of drug-likeness (QED) is 0.476. The third kappa shape index (κ3) is 5.87. The molecule has 7 heteroatoms. The normalized spacial score (nSPS) is 11.9. The van der Waals surface area contributed by atoms with Gasteiger partial charge in [0.25, 0.3) is 5.22 Å². The second-order valence-electron chi connectivity index (χ2n) is 6.32. The maximum absolute atomic E-state index is 13.2. The van der Waals surface area contributed by atoms with Crippen molar-refractivity contribution in [2.24, 2.45) is 0 Å². The smallest absolute Gasteiger partial charge is 0.277 e. The van der Waals surface area contributed by atoms with Gasteiger partial charge in [0.1, 0.15) is 0 Å². The van der Waals surface area contributed by atoms with Gasteiger partial charge in [-0.05, 0) is 24.3 Å². The number of hydrogen-bond acceptors (Lipinski definition) is 6. The summed E-state index contributed by atoms with van der Waals surface area (Å²) in [7, 11) is 0. The summed E-state index contributed by atoms with van der Waals surface area (Å²) < 4.78 is 5.61. The molecule has 0 N–H and O–H groups in total. The second-order valence-corrected chi connectivity index (χ2v) is 8.48. The molecular weight excluding hydrogens is 390 g/mol. The van der Waals surface area contributed by atoms with Gasteiger partial charge in [-0.15, -0.1) is 10.2 Å². The highest BCUT2D eigenvalue weighted by atomic mass is 32.2. The summed E-state index contributed by atoms with van der Waals surface area (Å²) in [6.45, 7) is 3.00. The minimum atomic E-state index is -0.324. The first kappa shape index (κ1) is 20.5. The predicted octanol–water partition coefficient (Wildman–Crippen LogP) is 4.64. The lowest BCUT2D eigenvalue weighted by atomic mass is 10.1. The Balaban J connectivity index is 1.72. The van der Waals surface area contributed by atoms with Crippen LogP contribution in [0.5, 0.6) is 0 Å². The van der Waals surface area contributed by atoms with E-state index in [0.29, 0.717) is 30.0 Å². The molecule has 1 heterocycles. The van der Waals surface area contributed by atoms with Crippen LogP contribution in [0.4, 0.5) is 0 Å². The van der Waals surface area contributed by atoms with Crippen molar-refractivity contribution in [3.05, 3.63) is 77.7 Å². The lowest BCUT2D eigenvalue weighted by molar-refractivity contribution is -0.131. The minimum absolute atomic E-state index is 0.0438. The third-order valence-electron chi connectivity index (χ3n) is 4.09. The van der Waals surface area contributed by atoms with E-state index in [4.69, 9.17) is 4.42 Å².